The molecule has 1 unspecified atom stereocenters. The fourth-order valence-electron chi connectivity index (χ4n) is 3.47. The number of halogens is 1. The summed E-state index contributed by atoms with van der Waals surface area (Å²) in [5.41, 5.74) is 7.22. The lowest BCUT2D eigenvalue weighted by molar-refractivity contribution is -0.139. The lowest BCUT2D eigenvalue weighted by atomic mass is 9.76. The monoisotopic (exact) mass is 403 g/mol. The van der Waals surface area contributed by atoms with Gasteiger partial charge in [0.05, 0.1) is 13.5 Å². The molecule has 0 bridgehead atoms. The van der Waals surface area contributed by atoms with Gasteiger partial charge in [0.25, 0.3) is 0 Å². The Bertz CT molecular complexity index is 512. The van der Waals surface area contributed by atoms with Crippen LogP contribution < -0.4 is 10.5 Å². The summed E-state index contributed by atoms with van der Waals surface area (Å²) in [5.74, 6) is 0.0603. The summed E-state index contributed by atoms with van der Waals surface area (Å²) >= 11 is 2.25. The number of rotatable bonds is 6. The van der Waals surface area contributed by atoms with Crippen LogP contribution in [0.5, 0.6) is 5.75 Å². The number of carbonyl (C=O) groups is 1. The number of benzene rings is 1. The highest BCUT2D eigenvalue weighted by atomic mass is 127. The number of carboxylic acid groups (broad SMARTS) is 1. The van der Waals surface area contributed by atoms with E-state index in [0.29, 0.717) is 6.42 Å². The minimum absolute atomic E-state index is 0.155. The molecule has 0 heterocycles. The van der Waals surface area contributed by atoms with Crippen molar-refractivity contribution in [1.82, 2.24) is 0 Å². The van der Waals surface area contributed by atoms with Crippen LogP contribution in [0.4, 0.5) is 0 Å². The normalized spacial score (nSPS) is 18.4. The molecule has 1 saturated carbocycles. The van der Waals surface area contributed by atoms with Crippen molar-refractivity contribution in [2.45, 2.75) is 44.6 Å². The predicted molar refractivity (Wildman–Crippen MR) is 90.4 cm³/mol. The van der Waals surface area contributed by atoms with Crippen molar-refractivity contribution in [3.8, 4) is 5.75 Å². The van der Waals surface area contributed by atoms with Crippen molar-refractivity contribution < 1.29 is 14.6 Å². The van der Waals surface area contributed by atoms with E-state index in [-0.39, 0.29) is 17.9 Å². The highest BCUT2D eigenvalue weighted by Crippen LogP contribution is 2.47. The van der Waals surface area contributed by atoms with Gasteiger partial charge < -0.3 is 15.6 Å². The van der Waals surface area contributed by atoms with Gasteiger partial charge in [-0.05, 0) is 65.5 Å². The third-order valence-electron chi connectivity index (χ3n) is 4.43. The van der Waals surface area contributed by atoms with Gasteiger partial charge in [-0.15, -0.1) is 0 Å². The second-order valence-electron chi connectivity index (χ2n) is 5.97. The van der Waals surface area contributed by atoms with E-state index in [1.54, 1.807) is 7.11 Å². The van der Waals surface area contributed by atoms with Gasteiger partial charge in [-0.3, -0.25) is 4.79 Å². The van der Waals surface area contributed by atoms with E-state index >= 15 is 0 Å². The SMILES string of the molecule is COc1ccc(I)cc1C(N)CC1(CC(=O)O)CCCC1. The molecule has 1 fully saturated rings. The fourth-order valence-corrected chi connectivity index (χ4v) is 3.99. The van der Waals surface area contributed by atoms with Crippen molar-refractivity contribution in [3.63, 3.8) is 0 Å². The standard InChI is InChI=1S/C16H22INO3/c1-21-14-5-4-11(17)8-12(14)13(18)9-16(10-15(19)20)6-2-3-7-16/h4-5,8,13H,2-3,6-7,9-10,18H2,1H3,(H,19,20). The summed E-state index contributed by atoms with van der Waals surface area (Å²) in [7, 11) is 1.64. The summed E-state index contributed by atoms with van der Waals surface area (Å²) in [6.07, 6.45) is 5.04. The van der Waals surface area contributed by atoms with Gasteiger partial charge in [0.15, 0.2) is 0 Å². The topological polar surface area (TPSA) is 72.5 Å². The zero-order chi connectivity index (χ0) is 15.5. The maximum absolute atomic E-state index is 11.2. The van der Waals surface area contributed by atoms with Crippen molar-refractivity contribution >= 4 is 28.6 Å². The van der Waals surface area contributed by atoms with Gasteiger partial charge in [-0.2, -0.15) is 0 Å². The second kappa shape index (κ2) is 6.96. The van der Waals surface area contributed by atoms with E-state index in [1.807, 2.05) is 18.2 Å². The molecule has 0 aliphatic heterocycles. The lowest BCUT2D eigenvalue weighted by Gasteiger charge is -2.31. The average molecular weight is 403 g/mol. The van der Waals surface area contributed by atoms with Crippen molar-refractivity contribution in [2.24, 2.45) is 11.1 Å². The van der Waals surface area contributed by atoms with Gasteiger partial charge >= 0.3 is 5.97 Å². The number of aliphatic carboxylic acids is 1. The molecule has 116 valence electrons. The van der Waals surface area contributed by atoms with E-state index in [9.17, 15) is 9.90 Å². The number of hydrogen-bond acceptors (Lipinski definition) is 3. The Kier molecular flexibility index (Phi) is 5.48. The Morgan fingerprint density at radius 3 is 2.71 bits per heavy atom. The van der Waals surface area contributed by atoms with Crippen molar-refractivity contribution in [2.75, 3.05) is 7.11 Å². The molecule has 2 rings (SSSR count). The van der Waals surface area contributed by atoms with Crippen molar-refractivity contribution in [1.29, 1.82) is 0 Å². The third kappa shape index (κ3) is 4.10. The molecule has 4 nitrogen and oxygen atoms in total. The number of carboxylic acids is 1. The first kappa shape index (κ1) is 16.5. The molecule has 3 N–H and O–H groups in total. The highest BCUT2D eigenvalue weighted by Gasteiger charge is 2.38. The summed E-state index contributed by atoms with van der Waals surface area (Å²) < 4.78 is 6.51. The Morgan fingerprint density at radius 2 is 2.14 bits per heavy atom. The van der Waals surface area contributed by atoms with Crippen LogP contribution in [0.3, 0.4) is 0 Å². The lowest BCUT2D eigenvalue weighted by Crippen LogP contribution is -2.27. The van der Waals surface area contributed by atoms with Crippen LogP contribution in [-0.4, -0.2) is 18.2 Å². The van der Waals surface area contributed by atoms with Crippen LogP contribution in [0.1, 0.15) is 50.1 Å². The molecule has 1 aliphatic carbocycles. The molecular weight excluding hydrogens is 381 g/mol. The van der Waals surface area contributed by atoms with Crippen LogP contribution >= 0.6 is 22.6 Å². The van der Waals surface area contributed by atoms with E-state index in [0.717, 1.165) is 40.6 Å². The van der Waals surface area contributed by atoms with Crippen LogP contribution in [0.15, 0.2) is 18.2 Å². The Morgan fingerprint density at radius 1 is 1.48 bits per heavy atom. The Labute approximate surface area is 139 Å². The van der Waals surface area contributed by atoms with Crippen LogP contribution in [0.2, 0.25) is 0 Å². The zero-order valence-electron chi connectivity index (χ0n) is 12.3. The van der Waals surface area contributed by atoms with Crippen LogP contribution in [-0.2, 0) is 4.79 Å². The minimum Gasteiger partial charge on any atom is -0.496 e. The van der Waals surface area contributed by atoms with Crippen LogP contribution in [0.25, 0.3) is 0 Å². The fraction of sp³-hybridized carbons (Fsp3) is 0.562. The van der Waals surface area contributed by atoms with Gasteiger partial charge in [0.1, 0.15) is 5.75 Å². The molecule has 1 aliphatic rings. The molecule has 0 aromatic heterocycles. The third-order valence-corrected chi connectivity index (χ3v) is 5.11. The quantitative estimate of drug-likeness (QED) is 0.711. The highest BCUT2D eigenvalue weighted by molar-refractivity contribution is 14.1. The molecule has 21 heavy (non-hydrogen) atoms. The Hall–Kier alpha value is -0.820. The zero-order valence-corrected chi connectivity index (χ0v) is 14.4. The van der Waals surface area contributed by atoms with E-state index < -0.39 is 5.97 Å². The maximum atomic E-state index is 11.2. The molecule has 0 amide bonds. The van der Waals surface area contributed by atoms with Gasteiger partial charge in [0, 0.05) is 15.2 Å². The largest absolute Gasteiger partial charge is 0.496 e. The molecule has 0 saturated heterocycles. The summed E-state index contributed by atoms with van der Waals surface area (Å²) in [6.45, 7) is 0. The second-order valence-corrected chi connectivity index (χ2v) is 7.22. The molecule has 0 radical (unpaired) electrons. The average Bonchev–Trinajstić information content (AvgIpc) is 2.85. The molecule has 0 spiro atoms. The number of nitrogens with two attached hydrogens (primary N) is 1. The molecular formula is C16H22INO3. The predicted octanol–water partition coefficient (Wildman–Crippen LogP) is 3.72. The molecule has 1 aromatic rings. The van der Waals surface area contributed by atoms with Gasteiger partial charge in [0.2, 0.25) is 0 Å². The van der Waals surface area contributed by atoms with Gasteiger partial charge in [-0.25, -0.2) is 0 Å². The summed E-state index contributed by atoms with van der Waals surface area (Å²) in [4.78, 5) is 11.2. The van der Waals surface area contributed by atoms with E-state index in [4.69, 9.17) is 10.5 Å². The summed E-state index contributed by atoms with van der Waals surface area (Å²) in [5, 5.41) is 9.20. The Balaban J connectivity index is 2.21. The summed E-state index contributed by atoms with van der Waals surface area (Å²) in [6, 6.07) is 5.76. The minimum atomic E-state index is -0.723. The first-order valence-electron chi connectivity index (χ1n) is 7.27. The first-order valence-corrected chi connectivity index (χ1v) is 8.34. The number of hydrogen-bond donors (Lipinski definition) is 2. The maximum Gasteiger partial charge on any atom is 0.303 e. The molecule has 1 aromatic carbocycles. The number of ether oxygens (including phenoxy) is 1. The van der Waals surface area contributed by atoms with E-state index in [2.05, 4.69) is 22.6 Å². The van der Waals surface area contributed by atoms with E-state index in [1.165, 1.54) is 0 Å². The first-order chi connectivity index (χ1) is 9.96. The smallest absolute Gasteiger partial charge is 0.303 e. The van der Waals surface area contributed by atoms with Gasteiger partial charge in [-0.1, -0.05) is 12.8 Å². The molecule has 1 atom stereocenters. The van der Waals surface area contributed by atoms with Crippen LogP contribution in [0, 0.1) is 8.99 Å². The van der Waals surface area contributed by atoms with Crippen molar-refractivity contribution in [3.05, 3.63) is 27.3 Å². The molecule has 5 heteroatoms. The number of methoxy groups -OCH3 is 1.